The van der Waals surface area contributed by atoms with Gasteiger partial charge in [-0.3, -0.25) is 0 Å². The van der Waals surface area contributed by atoms with Crippen LogP contribution in [0.1, 0.15) is 17.0 Å². The summed E-state index contributed by atoms with van der Waals surface area (Å²) in [6, 6.07) is 16.0. The van der Waals surface area contributed by atoms with Crippen molar-refractivity contribution >= 4 is 18.0 Å². The summed E-state index contributed by atoms with van der Waals surface area (Å²) in [5.74, 6) is 3.06. The van der Waals surface area contributed by atoms with E-state index in [1.807, 2.05) is 43.3 Å². The Bertz CT molecular complexity index is 909. The lowest BCUT2D eigenvalue weighted by atomic mass is 10.2. The summed E-state index contributed by atoms with van der Waals surface area (Å²) < 4.78 is 12.5. The number of ether oxygens (including phenoxy) is 2. The summed E-state index contributed by atoms with van der Waals surface area (Å²) >= 11 is 1.61. The van der Waals surface area contributed by atoms with Crippen LogP contribution >= 0.6 is 11.8 Å². The molecule has 2 aromatic carbocycles. The third kappa shape index (κ3) is 3.51. The summed E-state index contributed by atoms with van der Waals surface area (Å²) in [4.78, 5) is 0. The van der Waals surface area contributed by atoms with Crippen LogP contribution in [0.2, 0.25) is 0 Å². The van der Waals surface area contributed by atoms with E-state index in [9.17, 15) is 0 Å². The first-order chi connectivity index (χ1) is 12.3. The molecule has 0 amide bonds. The van der Waals surface area contributed by atoms with Gasteiger partial charge < -0.3 is 9.47 Å². The van der Waals surface area contributed by atoms with Crippen LogP contribution in [-0.4, -0.2) is 27.9 Å². The Morgan fingerprint density at radius 2 is 1.96 bits per heavy atom. The molecule has 126 valence electrons. The van der Waals surface area contributed by atoms with Crippen molar-refractivity contribution < 1.29 is 9.47 Å². The Balaban J connectivity index is 1.51. The molecule has 0 radical (unpaired) electrons. The lowest BCUT2D eigenvalue weighted by molar-refractivity contribution is 0.174. The molecule has 2 heterocycles. The molecule has 0 saturated carbocycles. The van der Waals surface area contributed by atoms with Gasteiger partial charge in [0.2, 0.25) is 11.9 Å². The van der Waals surface area contributed by atoms with E-state index in [0.29, 0.717) is 0 Å². The summed E-state index contributed by atoms with van der Waals surface area (Å²) in [5, 5.41) is 13.6. The molecule has 0 atom stereocenters. The first-order valence-corrected chi connectivity index (χ1v) is 8.81. The van der Waals surface area contributed by atoms with E-state index < -0.39 is 0 Å². The molecule has 1 aromatic heterocycles. The van der Waals surface area contributed by atoms with E-state index in [4.69, 9.17) is 9.47 Å². The molecule has 0 fully saturated rings. The zero-order chi connectivity index (χ0) is 17.1. The number of hydrogen-bond acceptors (Lipinski definition) is 6. The second-order valence-electron chi connectivity index (χ2n) is 5.47. The highest BCUT2D eigenvalue weighted by molar-refractivity contribution is 7.98. The smallest absolute Gasteiger partial charge is 0.231 e. The van der Waals surface area contributed by atoms with Crippen molar-refractivity contribution in [2.45, 2.75) is 17.8 Å². The lowest BCUT2D eigenvalue weighted by Crippen LogP contribution is -1.96. The second-order valence-corrected chi connectivity index (χ2v) is 6.42. The summed E-state index contributed by atoms with van der Waals surface area (Å²) in [6.45, 7) is 2.15. The van der Waals surface area contributed by atoms with E-state index in [1.165, 1.54) is 5.56 Å². The molecule has 0 unspecified atom stereocenters. The van der Waals surface area contributed by atoms with Gasteiger partial charge in [-0.25, -0.2) is 0 Å². The van der Waals surface area contributed by atoms with Crippen LogP contribution in [0.4, 0.5) is 0 Å². The minimum atomic E-state index is 0.265. The molecule has 0 saturated heterocycles. The maximum absolute atomic E-state index is 5.39. The average Bonchev–Trinajstić information content (AvgIpc) is 3.25. The fraction of sp³-hybridized carbons (Fsp3) is 0.167. The van der Waals surface area contributed by atoms with E-state index in [1.54, 1.807) is 22.7 Å². The highest BCUT2D eigenvalue weighted by Crippen LogP contribution is 2.32. The Labute approximate surface area is 149 Å². The van der Waals surface area contributed by atoms with Crippen molar-refractivity contribution in [3.05, 3.63) is 65.5 Å². The standard InChI is InChI=1S/C18H16N4O2S/c1-13-20-21-18(25-11-14-5-3-2-4-6-14)22(13)19-10-15-7-8-16-17(9-15)24-12-23-16/h2-10H,11-12H2,1H3/b19-10+. The summed E-state index contributed by atoms with van der Waals surface area (Å²) in [7, 11) is 0. The predicted octanol–water partition coefficient (Wildman–Crippen LogP) is 3.49. The molecule has 25 heavy (non-hydrogen) atoms. The number of aromatic nitrogens is 3. The molecule has 1 aliphatic rings. The molecule has 0 spiro atoms. The van der Waals surface area contributed by atoms with Crippen molar-refractivity contribution in [3.63, 3.8) is 0 Å². The van der Waals surface area contributed by atoms with Gasteiger partial charge in [0.1, 0.15) is 0 Å². The number of rotatable bonds is 5. The van der Waals surface area contributed by atoms with Gasteiger partial charge in [-0.15, -0.1) is 10.2 Å². The molecular formula is C18H16N4O2S. The normalized spacial score (nSPS) is 12.8. The average molecular weight is 352 g/mol. The fourth-order valence-electron chi connectivity index (χ4n) is 2.40. The summed E-state index contributed by atoms with van der Waals surface area (Å²) in [6.07, 6.45) is 1.77. The van der Waals surface area contributed by atoms with Crippen LogP contribution in [-0.2, 0) is 5.75 Å². The third-order valence-electron chi connectivity index (χ3n) is 3.70. The third-order valence-corrected chi connectivity index (χ3v) is 4.69. The molecule has 3 aromatic rings. The Hall–Kier alpha value is -2.80. The minimum absolute atomic E-state index is 0.265. The number of aryl methyl sites for hydroxylation is 1. The van der Waals surface area contributed by atoms with Crippen LogP contribution < -0.4 is 9.47 Å². The quantitative estimate of drug-likeness (QED) is 0.520. The molecule has 7 heteroatoms. The summed E-state index contributed by atoms with van der Waals surface area (Å²) in [5.41, 5.74) is 2.16. The number of thioether (sulfide) groups is 1. The maximum atomic E-state index is 5.39. The lowest BCUT2D eigenvalue weighted by Gasteiger charge is -2.03. The van der Waals surface area contributed by atoms with Gasteiger partial charge in [-0.2, -0.15) is 9.78 Å². The molecule has 4 rings (SSSR count). The second kappa shape index (κ2) is 6.98. The number of hydrogen-bond donors (Lipinski definition) is 0. The van der Waals surface area contributed by atoms with E-state index in [2.05, 4.69) is 27.4 Å². The van der Waals surface area contributed by atoms with Crippen molar-refractivity contribution in [1.82, 2.24) is 14.9 Å². The topological polar surface area (TPSA) is 61.5 Å². The first-order valence-electron chi connectivity index (χ1n) is 7.82. The zero-order valence-corrected chi connectivity index (χ0v) is 14.4. The fourth-order valence-corrected chi connectivity index (χ4v) is 3.29. The first kappa shape index (κ1) is 15.7. The largest absolute Gasteiger partial charge is 0.454 e. The van der Waals surface area contributed by atoms with E-state index in [0.717, 1.165) is 33.8 Å². The molecule has 0 bridgehead atoms. The number of fused-ring (bicyclic) bond motifs is 1. The molecule has 1 aliphatic heterocycles. The van der Waals surface area contributed by atoms with Crippen molar-refractivity contribution in [3.8, 4) is 11.5 Å². The van der Waals surface area contributed by atoms with Crippen LogP contribution in [0.3, 0.4) is 0 Å². The Kier molecular flexibility index (Phi) is 4.39. The van der Waals surface area contributed by atoms with Crippen LogP contribution in [0.5, 0.6) is 11.5 Å². The van der Waals surface area contributed by atoms with Gasteiger partial charge in [-0.1, -0.05) is 42.1 Å². The van der Waals surface area contributed by atoms with Gasteiger partial charge in [0.05, 0.1) is 6.21 Å². The molecular weight excluding hydrogens is 336 g/mol. The molecule has 0 N–H and O–H groups in total. The maximum Gasteiger partial charge on any atom is 0.231 e. The Morgan fingerprint density at radius 1 is 1.12 bits per heavy atom. The number of nitrogens with zero attached hydrogens (tertiary/aromatic N) is 4. The van der Waals surface area contributed by atoms with Gasteiger partial charge in [-0.05, 0) is 36.2 Å². The van der Waals surface area contributed by atoms with Crippen LogP contribution in [0, 0.1) is 6.92 Å². The van der Waals surface area contributed by atoms with Crippen molar-refractivity contribution in [2.24, 2.45) is 5.10 Å². The van der Waals surface area contributed by atoms with Gasteiger partial charge >= 0.3 is 0 Å². The zero-order valence-electron chi connectivity index (χ0n) is 13.6. The van der Waals surface area contributed by atoms with Crippen LogP contribution in [0.25, 0.3) is 0 Å². The van der Waals surface area contributed by atoms with Crippen molar-refractivity contribution in [1.29, 1.82) is 0 Å². The van der Waals surface area contributed by atoms with Crippen molar-refractivity contribution in [2.75, 3.05) is 6.79 Å². The van der Waals surface area contributed by atoms with E-state index in [-0.39, 0.29) is 6.79 Å². The highest BCUT2D eigenvalue weighted by atomic mass is 32.2. The molecule has 0 aliphatic carbocycles. The minimum Gasteiger partial charge on any atom is -0.454 e. The van der Waals surface area contributed by atoms with Crippen LogP contribution in [0.15, 0.2) is 58.8 Å². The predicted molar refractivity (Wildman–Crippen MR) is 96.3 cm³/mol. The highest BCUT2D eigenvalue weighted by Gasteiger charge is 2.13. The van der Waals surface area contributed by atoms with Gasteiger partial charge in [0, 0.05) is 5.75 Å². The monoisotopic (exact) mass is 352 g/mol. The number of benzene rings is 2. The Morgan fingerprint density at radius 3 is 2.84 bits per heavy atom. The van der Waals surface area contributed by atoms with E-state index >= 15 is 0 Å². The SMILES string of the molecule is Cc1nnc(SCc2ccccc2)n1/N=C/c1ccc2c(c1)OCO2. The van der Waals surface area contributed by atoms with Gasteiger partial charge in [0.25, 0.3) is 0 Å². The molecule has 6 nitrogen and oxygen atoms in total. The van der Waals surface area contributed by atoms with Gasteiger partial charge in [0.15, 0.2) is 17.3 Å².